The zero-order chi connectivity index (χ0) is 14.3. The number of hydrogen-bond donors (Lipinski definition) is 2. The molecular weight excluding hydrogens is 328 g/mol. The van der Waals surface area contributed by atoms with Gasteiger partial charge in [-0.2, -0.15) is 5.10 Å². The quantitative estimate of drug-likeness (QED) is 0.766. The summed E-state index contributed by atoms with van der Waals surface area (Å²) in [5.41, 5.74) is 1.88. The first-order valence-electron chi connectivity index (χ1n) is 5.64. The lowest BCUT2D eigenvalue weighted by Gasteiger charge is -2.06. The first kappa shape index (κ1) is 12.7. The largest absolute Gasteiger partial charge is 0.493 e. The van der Waals surface area contributed by atoms with E-state index in [0.717, 1.165) is 15.4 Å². The summed E-state index contributed by atoms with van der Waals surface area (Å²) < 4.78 is 11.4. The second-order valence-electron chi connectivity index (χ2n) is 4.08. The van der Waals surface area contributed by atoms with Crippen molar-refractivity contribution in [1.29, 1.82) is 0 Å². The molecule has 102 valence electrons. The minimum atomic E-state index is -1.06. The van der Waals surface area contributed by atoms with E-state index < -0.39 is 5.97 Å². The van der Waals surface area contributed by atoms with Gasteiger partial charge in [0.2, 0.25) is 0 Å². The first-order valence-corrected chi connectivity index (χ1v) is 6.44. The number of fused-ring (bicyclic) bond motifs is 1. The van der Waals surface area contributed by atoms with Crippen LogP contribution in [0.25, 0.3) is 22.2 Å². The van der Waals surface area contributed by atoms with Gasteiger partial charge in [0, 0.05) is 15.4 Å². The van der Waals surface area contributed by atoms with Crippen LogP contribution in [0.3, 0.4) is 0 Å². The molecule has 0 radical (unpaired) electrons. The second-order valence-corrected chi connectivity index (χ2v) is 4.87. The van der Waals surface area contributed by atoms with Crippen molar-refractivity contribution in [2.45, 2.75) is 0 Å². The average molecular weight is 337 g/mol. The number of benzene rings is 1. The van der Waals surface area contributed by atoms with E-state index in [0.29, 0.717) is 17.0 Å². The molecule has 6 nitrogen and oxygen atoms in total. The number of hydrogen-bond acceptors (Lipinski definition) is 4. The third-order valence-corrected chi connectivity index (χ3v) is 3.80. The van der Waals surface area contributed by atoms with Crippen molar-refractivity contribution in [3.8, 4) is 17.0 Å². The number of methoxy groups -OCH3 is 1. The Kier molecular flexibility index (Phi) is 2.98. The third kappa shape index (κ3) is 1.87. The zero-order valence-corrected chi connectivity index (χ0v) is 11.9. The fourth-order valence-corrected chi connectivity index (χ4v) is 2.62. The number of aromatic amines is 1. The van der Waals surface area contributed by atoms with E-state index in [9.17, 15) is 4.79 Å². The number of ether oxygens (including phenoxy) is 1. The molecule has 0 amide bonds. The summed E-state index contributed by atoms with van der Waals surface area (Å²) in [5.74, 6) is -0.501. The molecule has 0 saturated heterocycles. The van der Waals surface area contributed by atoms with E-state index in [1.165, 1.54) is 6.07 Å². The normalized spacial score (nSPS) is 10.9. The van der Waals surface area contributed by atoms with E-state index in [-0.39, 0.29) is 5.69 Å². The Bertz CT molecular complexity index is 806. The maximum atomic E-state index is 10.9. The van der Waals surface area contributed by atoms with Crippen LogP contribution in [-0.2, 0) is 0 Å². The van der Waals surface area contributed by atoms with Crippen LogP contribution in [0, 0.1) is 0 Å². The number of aromatic nitrogens is 2. The maximum absolute atomic E-state index is 10.9. The monoisotopic (exact) mass is 336 g/mol. The molecule has 0 bridgehead atoms. The highest BCUT2D eigenvalue weighted by atomic mass is 79.9. The molecular formula is C13H9BrN2O4. The number of H-pyrrole nitrogens is 1. The summed E-state index contributed by atoms with van der Waals surface area (Å²) >= 11 is 3.49. The molecule has 0 saturated carbocycles. The van der Waals surface area contributed by atoms with E-state index in [2.05, 4.69) is 26.1 Å². The number of aromatic carboxylic acids is 1. The fraction of sp³-hybridized carbons (Fsp3) is 0.0769. The number of carboxylic acid groups (broad SMARTS) is 1. The van der Waals surface area contributed by atoms with Crippen molar-refractivity contribution < 1.29 is 19.1 Å². The van der Waals surface area contributed by atoms with Crippen LogP contribution in [0.4, 0.5) is 0 Å². The van der Waals surface area contributed by atoms with Crippen molar-refractivity contribution >= 4 is 32.9 Å². The lowest BCUT2D eigenvalue weighted by Crippen LogP contribution is -1.95. The van der Waals surface area contributed by atoms with Crippen molar-refractivity contribution in [1.82, 2.24) is 10.2 Å². The molecule has 20 heavy (non-hydrogen) atoms. The molecule has 2 aromatic heterocycles. The molecule has 0 unspecified atom stereocenters. The first-order chi connectivity index (χ1) is 9.61. The van der Waals surface area contributed by atoms with Gasteiger partial charge in [-0.05, 0) is 34.1 Å². The lowest BCUT2D eigenvalue weighted by molar-refractivity contribution is 0.0690. The van der Waals surface area contributed by atoms with Gasteiger partial charge in [-0.3, -0.25) is 5.10 Å². The Morgan fingerprint density at radius 2 is 2.30 bits per heavy atom. The molecule has 0 aliphatic heterocycles. The number of rotatable bonds is 3. The van der Waals surface area contributed by atoms with Crippen LogP contribution < -0.4 is 4.74 Å². The number of halogens is 1. The predicted molar refractivity (Wildman–Crippen MR) is 75.0 cm³/mol. The van der Waals surface area contributed by atoms with E-state index in [1.807, 2.05) is 0 Å². The fourth-order valence-electron chi connectivity index (χ4n) is 1.99. The van der Waals surface area contributed by atoms with E-state index in [1.54, 1.807) is 25.5 Å². The van der Waals surface area contributed by atoms with Gasteiger partial charge >= 0.3 is 5.97 Å². The van der Waals surface area contributed by atoms with Gasteiger partial charge in [0.15, 0.2) is 11.3 Å². The van der Waals surface area contributed by atoms with Crippen LogP contribution >= 0.6 is 15.9 Å². The highest BCUT2D eigenvalue weighted by molar-refractivity contribution is 9.10. The van der Waals surface area contributed by atoms with Crippen LogP contribution in [-0.4, -0.2) is 28.4 Å². The number of carbonyl (C=O) groups is 1. The van der Waals surface area contributed by atoms with Gasteiger partial charge in [0.05, 0.1) is 19.1 Å². The van der Waals surface area contributed by atoms with E-state index in [4.69, 9.17) is 14.3 Å². The minimum Gasteiger partial charge on any atom is -0.493 e. The van der Waals surface area contributed by atoms with Crippen LogP contribution in [0.15, 0.2) is 33.4 Å². The topological polar surface area (TPSA) is 88.4 Å². The van der Waals surface area contributed by atoms with Gasteiger partial charge in [-0.15, -0.1) is 0 Å². The Hall–Kier alpha value is -2.28. The SMILES string of the molecule is COc1cc(-c2cc(C(=O)O)[nH]n2)c(Br)c2ccoc12. The smallest absolute Gasteiger partial charge is 0.353 e. The van der Waals surface area contributed by atoms with Crippen molar-refractivity contribution in [3.05, 3.63) is 34.6 Å². The maximum Gasteiger partial charge on any atom is 0.353 e. The van der Waals surface area contributed by atoms with Crippen molar-refractivity contribution in [2.75, 3.05) is 7.11 Å². The average Bonchev–Trinajstić information content (AvgIpc) is 3.08. The molecule has 0 atom stereocenters. The number of nitrogens with zero attached hydrogens (tertiary/aromatic N) is 1. The van der Waals surface area contributed by atoms with Crippen molar-refractivity contribution in [3.63, 3.8) is 0 Å². The number of nitrogens with one attached hydrogen (secondary N) is 1. The zero-order valence-electron chi connectivity index (χ0n) is 10.3. The third-order valence-electron chi connectivity index (χ3n) is 2.94. The summed E-state index contributed by atoms with van der Waals surface area (Å²) in [5, 5.41) is 16.3. The standard InChI is InChI=1S/C13H9BrN2O4/c1-19-10-4-7(8-5-9(13(17)18)16-15-8)11(14)6-2-3-20-12(6)10/h2-5H,1H3,(H,15,16)(H,17,18). The molecule has 2 heterocycles. The molecule has 0 spiro atoms. The summed E-state index contributed by atoms with van der Waals surface area (Å²) in [6.07, 6.45) is 1.56. The highest BCUT2D eigenvalue weighted by Gasteiger charge is 2.17. The molecule has 0 aliphatic carbocycles. The Labute approximate surface area is 121 Å². The molecule has 1 aromatic carbocycles. The van der Waals surface area contributed by atoms with Gasteiger partial charge in [0.25, 0.3) is 0 Å². The highest BCUT2D eigenvalue weighted by Crippen LogP contribution is 2.40. The minimum absolute atomic E-state index is 0.0261. The number of furan rings is 1. The van der Waals surface area contributed by atoms with Gasteiger partial charge in [-0.1, -0.05) is 0 Å². The molecule has 0 fully saturated rings. The summed E-state index contributed by atoms with van der Waals surface area (Å²) in [7, 11) is 1.54. The van der Waals surface area contributed by atoms with Gasteiger partial charge in [0.1, 0.15) is 5.69 Å². The molecule has 3 aromatic rings. The van der Waals surface area contributed by atoms with Gasteiger partial charge in [-0.25, -0.2) is 4.79 Å². The van der Waals surface area contributed by atoms with Crippen LogP contribution in [0.2, 0.25) is 0 Å². The Morgan fingerprint density at radius 3 is 2.95 bits per heavy atom. The summed E-state index contributed by atoms with van der Waals surface area (Å²) in [4.78, 5) is 10.9. The van der Waals surface area contributed by atoms with Crippen LogP contribution in [0.5, 0.6) is 5.75 Å². The second kappa shape index (κ2) is 4.68. The molecule has 2 N–H and O–H groups in total. The van der Waals surface area contributed by atoms with Crippen molar-refractivity contribution in [2.24, 2.45) is 0 Å². The van der Waals surface area contributed by atoms with E-state index >= 15 is 0 Å². The lowest BCUT2D eigenvalue weighted by atomic mass is 10.1. The number of carboxylic acids is 1. The summed E-state index contributed by atoms with van der Waals surface area (Å²) in [6, 6.07) is 5.02. The summed E-state index contributed by atoms with van der Waals surface area (Å²) in [6.45, 7) is 0. The Balaban J connectivity index is 2.24. The molecule has 0 aliphatic rings. The van der Waals surface area contributed by atoms with Crippen LogP contribution in [0.1, 0.15) is 10.5 Å². The Morgan fingerprint density at radius 1 is 1.50 bits per heavy atom. The predicted octanol–water partition coefficient (Wildman–Crippen LogP) is 3.29. The van der Waals surface area contributed by atoms with Gasteiger partial charge < -0.3 is 14.3 Å². The molecule has 3 rings (SSSR count). The molecule has 7 heteroatoms.